The van der Waals surface area contributed by atoms with E-state index in [1.807, 2.05) is 32.8 Å². The number of hydrogen-bond acceptors (Lipinski definition) is 5. The summed E-state index contributed by atoms with van der Waals surface area (Å²) in [4.78, 5) is 13.9. The van der Waals surface area contributed by atoms with E-state index in [-0.39, 0.29) is 18.6 Å². The summed E-state index contributed by atoms with van der Waals surface area (Å²) in [6.45, 7) is 4.72. The van der Waals surface area contributed by atoms with E-state index in [1.165, 1.54) is 0 Å². The highest BCUT2D eigenvalue weighted by Gasteiger charge is 2.20. The molecule has 1 aromatic carbocycles. The Balaban J connectivity index is 2.81. The zero-order chi connectivity index (χ0) is 18.3. The molecule has 0 fully saturated rings. The lowest BCUT2D eigenvalue weighted by atomic mass is 10.3. The van der Waals surface area contributed by atoms with Gasteiger partial charge in [0.25, 0.3) is 0 Å². The Kier molecular flexibility index (Phi) is 7.50. The maximum Gasteiger partial charge on any atom is 0.240 e. The minimum absolute atomic E-state index is 0.0318. The topological polar surface area (TPSA) is 79.0 Å². The van der Waals surface area contributed by atoms with Crippen LogP contribution in [0.2, 0.25) is 0 Å². The fourth-order valence-corrected chi connectivity index (χ4v) is 2.82. The molecule has 8 heteroatoms. The molecule has 1 aromatic rings. The summed E-state index contributed by atoms with van der Waals surface area (Å²) in [5.41, 5.74) is 0.427. The smallest absolute Gasteiger partial charge is 0.240 e. The summed E-state index contributed by atoms with van der Waals surface area (Å²) in [5.74, 6) is 0.308. The van der Waals surface area contributed by atoms with Crippen molar-refractivity contribution in [1.82, 2.24) is 10.2 Å². The summed E-state index contributed by atoms with van der Waals surface area (Å²) in [6.07, 6.45) is 1.11. The van der Waals surface area contributed by atoms with Crippen LogP contribution in [0.4, 0.5) is 5.69 Å². The second-order valence-corrected chi connectivity index (χ2v) is 7.99. The third-order valence-corrected chi connectivity index (χ3v) is 4.21. The van der Waals surface area contributed by atoms with Crippen molar-refractivity contribution in [3.63, 3.8) is 0 Å². The van der Waals surface area contributed by atoms with E-state index in [9.17, 15) is 13.2 Å². The molecule has 0 radical (unpaired) electrons. The van der Waals surface area contributed by atoms with E-state index < -0.39 is 10.0 Å². The molecule has 0 bridgehead atoms. The van der Waals surface area contributed by atoms with Gasteiger partial charge >= 0.3 is 0 Å². The Morgan fingerprint density at radius 1 is 1.21 bits per heavy atom. The number of likely N-dealkylation sites (N-methyl/N-ethyl adjacent to an activating group) is 1. The van der Waals surface area contributed by atoms with Crippen molar-refractivity contribution in [2.45, 2.75) is 20.0 Å². The number of carbonyl (C=O) groups is 1. The van der Waals surface area contributed by atoms with Gasteiger partial charge in [0.15, 0.2) is 0 Å². The number of ether oxygens (including phenoxy) is 1. The van der Waals surface area contributed by atoms with Crippen molar-refractivity contribution in [3.8, 4) is 5.75 Å². The SMILES string of the molecule is CC(C)Oc1ccc(N(CC(=O)NCCN(C)C)S(C)(=O)=O)cc1. The molecule has 0 saturated carbocycles. The average molecular weight is 357 g/mol. The second-order valence-electron chi connectivity index (χ2n) is 6.08. The molecule has 136 valence electrons. The van der Waals surface area contributed by atoms with Crippen molar-refractivity contribution in [1.29, 1.82) is 0 Å². The van der Waals surface area contributed by atoms with Gasteiger partial charge in [0.1, 0.15) is 12.3 Å². The third-order valence-electron chi connectivity index (χ3n) is 3.07. The first kappa shape index (κ1) is 20.2. The van der Waals surface area contributed by atoms with E-state index in [0.717, 1.165) is 10.6 Å². The number of hydrogen-bond donors (Lipinski definition) is 1. The number of benzene rings is 1. The Morgan fingerprint density at radius 3 is 2.25 bits per heavy atom. The fourth-order valence-electron chi connectivity index (χ4n) is 1.97. The number of amides is 1. The molecule has 0 unspecified atom stereocenters. The molecule has 1 N–H and O–H groups in total. The van der Waals surface area contributed by atoms with Gasteiger partial charge < -0.3 is 15.0 Å². The standard InChI is InChI=1S/C16H27N3O4S/c1-13(2)23-15-8-6-14(7-9-15)19(24(5,21)22)12-16(20)17-10-11-18(3)4/h6-9,13H,10-12H2,1-5H3,(H,17,20). The van der Waals surface area contributed by atoms with E-state index in [4.69, 9.17) is 4.74 Å². The van der Waals surface area contributed by atoms with Crippen LogP contribution in [0.1, 0.15) is 13.8 Å². The molecule has 0 aliphatic carbocycles. The zero-order valence-electron chi connectivity index (χ0n) is 14.9. The molecule has 0 atom stereocenters. The summed E-state index contributed by atoms with van der Waals surface area (Å²) >= 11 is 0. The molecule has 0 spiro atoms. The van der Waals surface area contributed by atoms with Crippen molar-refractivity contribution in [3.05, 3.63) is 24.3 Å². The molecule has 1 amide bonds. The van der Waals surface area contributed by atoms with Crippen molar-refractivity contribution < 1.29 is 17.9 Å². The Hall–Kier alpha value is -1.80. The maximum absolute atomic E-state index is 12.0. The van der Waals surface area contributed by atoms with Gasteiger partial charge in [-0.25, -0.2) is 8.42 Å². The lowest BCUT2D eigenvalue weighted by Crippen LogP contribution is -2.42. The van der Waals surface area contributed by atoms with Crippen LogP contribution in [0, 0.1) is 0 Å². The highest BCUT2D eigenvalue weighted by molar-refractivity contribution is 7.92. The van der Waals surface area contributed by atoms with Crippen LogP contribution in [0.3, 0.4) is 0 Å². The van der Waals surface area contributed by atoms with E-state index in [2.05, 4.69) is 5.32 Å². The average Bonchev–Trinajstić information content (AvgIpc) is 2.43. The fraction of sp³-hybridized carbons (Fsp3) is 0.562. The minimum Gasteiger partial charge on any atom is -0.491 e. The van der Waals surface area contributed by atoms with Crippen LogP contribution in [0.25, 0.3) is 0 Å². The molecule has 0 heterocycles. The van der Waals surface area contributed by atoms with E-state index in [0.29, 0.717) is 24.5 Å². The van der Waals surface area contributed by atoms with Crippen LogP contribution in [-0.4, -0.2) is 65.3 Å². The molecule has 0 saturated heterocycles. The molecule has 24 heavy (non-hydrogen) atoms. The first-order valence-corrected chi connectivity index (χ1v) is 9.60. The van der Waals surface area contributed by atoms with Gasteiger partial charge in [0.05, 0.1) is 18.0 Å². The molecule has 1 rings (SSSR count). The molecular formula is C16H27N3O4S. The van der Waals surface area contributed by atoms with Crippen LogP contribution in [0.5, 0.6) is 5.75 Å². The van der Waals surface area contributed by atoms with Crippen molar-refractivity contribution in [2.75, 3.05) is 44.3 Å². The first-order valence-electron chi connectivity index (χ1n) is 7.75. The lowest BCUT2D eigenvalue weighted by molar-refractivity contribution is -0.119. The minimum atomic E-state index is -3.57. The molecule has 0 aliphatic rings. The van der Waals surface area contributed by atoms with Crippen molar-refractivity contribution >= 4 is 21.6 Å². The summed E-state index contributed by atoms with van der Waals surface area (Å²) in [6, 6.07) is 6.65. The molecule has 0 aliphatic heterocycles. The Labute approximate surface area is 144 Å². The number of carbonyl (C=O) groups excluding carboxylic acids is 1. The van der Waals surface area contributed by atoms with E-state index in [1.54, 1.807) is 24.3 Å². The highest BCUT2D eigenvalue weighted by atomic mass is 32.2. The van der Waals surface area contributed by atoms with Crippen molar-refractivity contribution in [2.24, 2.45) is 0 Å². The quantitative estimate of drug-likeness (QED) is 0.711. The summed E-state index contributed by atoms with van der Waals surface area (Å²) in [5, 5.41) is 2.71. The number of sulfonamides is 1. The molecule has 7 nitrogen and oxygen atoms in total. The lowest BCUT2D eigenvalue weighted by Gasteiger charge is -2.22. The number of nitrogens with zero attached hydrogens (tertiary/aromatic N) is 2. The normalized spacial score (nSPS) is 11.6. The Bertz CT molecular complexity index is 627. The van der Waals surface area contributed by atoms with E-state index >= 15 is 0 Å². The number of nitrogens with one attached hydrogen (secondary N) is 1. The van der Waals surface area contributed by atoms with Gasteiger partial charge in [0.2, 0.25) is 15.9 Å². The van der Waals surface area contributed by atoms with Crippen LogP contribution in [0.15, 0.2) is 24.3 Å². The summed E-state index contributed by atoms with van der Waals surface area (Å²) < 4.78 is 30.7. The van der Waals surface area contributed by atoms with Gasteiger partial charge in [-0.05, 0) is 52.2 Å². The third kappa shape index (κ3) is 7.18. The van der Waals surface area contributed by atoms with Gasteiger partial charge in [-0.1, -0.05) is 0 Å². The Morgan fingerprint density at radius 2 is 1.79 bits per heavy atom. The van der Waals surface area contributed by atoms with Gasteiger partial charge in [-0.15, -0.1) is 0 Å². The molecule has 0 aromatic heterocycles. The van der Waals surface area contributed by atoms with Gasteiger partial charge in [-0.3, -0.25) is 9.10 Å². The van der Waals surface area contributed by atoms with Crippen LogP contribution >= 0.6 is 0 Å². The van der Waals surface area contributed by atoms with Crippen LogP contribution in [-0.2, 0) is 14.8 Å². The van der Waals surface area contributed by atoms with Gasteiger partial charge in [0, 0.05) is 13.1 Å². The van der Waals surface area contributed by atoms with Crippen LogP contribution < -0.4 is 14.4 Å². The maximum atomic E-state index is 12.0. The predicted octanol–water partition coefficient (Wildman–Crippen LogP) is 0.918. The predicted molar refractivity (Wildman–Crippen MR) is 96.0 cm³/mol. The highest BCUT2D eigenvalue weighted by Crippen LogP contribution is 2.22. The van der Waals surface area contributed by atoms with Gasteiger partial charge in [-0.2, -0.15) is 0 Å². The largest absolute Gasteiger partial charge is 0.491 e. The number of anilines is 1. The molecular weight excluding hydrogens is 330 g/mol. The number of rotatable bonds is 9. The first-order chi connectivity index (χ1) is 11.1. The summed E-state index contributed by atoms with van der Waals surface area (Å²) in [7, 11) is 0.228. The monoisotopic (exact) mass is 357 g/mol. The zero-order valence-corrected chi connectivity index (χ0v) is 15.8. The second kappa shape index (κ2) is 8.89.